The maximum atomic E-state index is 12.2. The lowest BCUT2D eigenvalue weighted by molar-refractivity contribution is -0.123. The second kappa shape index (κ2) is 9.81. The van der Waals surface area contributed by atoms with Gasteiger partial charge in [-0.2, -0.15) is 0 Å². The molecule has 1 amide bonds. The van der Waals surface area contributed by atoms with Crippen molar-refractivity contribution in [3.05, 3.63) is 59.7 Å². The van der Waals surface area contributed by atoms with E-state index in [0.29, 0.717) is 17.2 Å². The van der Waals surface area contributed by atoms with Crippen LogP contribution in [0.5, 0.6) is 5.75 Å². The Kier molecular flexibility index (Phi) is 6.93. The van der Waals surface area contributed by atoms with Crippen molar-refractivity contribution in [2.24, 2.45) is 0 Å². The molecule has 2 aromatic rings. The minimum atomic E-state index is -0.0763. The lowest BCUT2D eigenvalue weighted by atomic mass is 10.1. The van der Waals surface area contributed by atoms with Crippen molar-refractivity contribution >= 4 is 35.1 Å². The van der Waals surface area contributed by atoms with Crippen LogP contribution >= 0.6 is 23.5 Å². The summed E-state index contributed by atoms with van der Waals surface area (Å²) in [4.78, 5) is 14.5. The predicted molar refractivity (Wildman–Crippen MR) is 124 cm³/mol. The highest BCUT2D eigenvalue weighted by molar-refractivity contribution is 8.16. The van der Waals surface area contributed by atoms with Gasteiger partial charge in [0.05, 0.1) is 4.58 Å². The number of fused-ring (bicyclic) bond motifs is 1. The van der Waals surface area contributed by atoms with Crippen LogP contribution in [0, 0.1) is 0 Å². The fraction of sp³-hybridized carbons (Fsp3) is 0.435. The van der Waals surface area contributed by atoms with Gasteiger partial charge in [0.1, 0.15) is 5.75 Å². The number of para-hydroxylation sites is 1. The van der Waals surface area contributed by atoms with Crippen molar-refractivity contribution in [3.8, 4) is 5.75 Å². The van der Waals surface area contributed by atoms with Gasteiger partial charge in [-0.25, -0.2) is 0 Å². The number of hydrogen-bond donors (Lipinski definition) is 1. The van der Waals surface area contributed by atoms with Gasteiger partial charge in [-0.15, -0.1) is 23.5 Å². The third-order valence-corrected chi connectivity index (χ3v) is 8.39. The molecule has 1 saturated heterocycles. The van der Waals surface area contributed by atoms with Crippen LogP contribution in [-0.4, -0.2) is 43.2 Å². The van der Waals surface area contributed by atoms with Gasteiger partial charge in [0.25, 0.3) is 5.91 Å². The van der Waals surface area contributed by atoms with E-state index in [-0.39, 0.29) is 12.5 Å². The SMILES string of the molecule is CC1Cc2ccccc2N1CCNC(=O)COc1ccc(C2SCCCS2)cc1. The Hall–Kier alpha value is -1.79. The molecule has 0 saturated carbocycles. The predicted octanol–water partition coefficient (Wildman–Crippen LogP) is 4.50. The monoisotopic (exact) mass is 428 g/mol. The number of amides is 1. The van der Waals surface area contributed by atoms with Crippen molar-refractivity contribution in [3.63, 3.8) is 0 Å². The van der Waals surface area contributed by atoms with Crippen LogP contribution in [0.2, 0.25) is 0 Å². The number of nitrogens with one attached hydrogen (secondary N) is 1. The van der Waals surface area contributed by atoms with Crippen LogP contribution < -0.4 is 15.0 Å². The maximum Gasteiger partial charge on any atom is 0.258 e. The normalized spacial score (nSPS) is 19.1. The molecular formula is C23H28N2O2S2. The van der Waals surface area contributed by atoms with Gasteiger partial charge in [0.2, 0.25) is 0 Å². The summed E-state index contributed by atoms with van der Waals surface area (Å²) in [5.41, 5.74) is 4.01. The number of anilines is 1. The largest absolute Gasteiger partial charge is 0.484 e. The molecule has 2 heterocycles. The summed E-state index contributed by atoms with van der Waals surface area (Å²) in [5, 5.41) is 2.98. The summed E-state index contributed by atoms with van der Waals surface area (Å²) in [7, 11) is 0. The van der Waals surface area contributed by atoms with Crippen LogP contribution in [0.25, 0.3) is 0 Å². The maximum absolute atomic E-state index is 12.2. The van der Waals surface area contributed by atoms with Crippen molar-refractivity contribution in [1.29, 1.82) is 0 Å². The quantitative estimate of drug-likeness (QED) is 0.703. The molecule has 29 heavy (non-hydrogen) atoms. The zero-order valence-corrected chi connectivity index (χ0v) is 18.4. The molecule has 1 atom stereocenters. The Morgan fingerprint density at radius 3 is 2.69 bits per heavy atom. The fourth-order valence-electron chi connectivity index (χ4n) is 3.89. The molecule has 0 aromatic heterocycles. The van der Waals surface area contributed by atoms with Crippen molar-refractivity contribution in [2.75, 3.05) is 36.1 Å². The molecule has 1 N–H and O–H groups in total. The smallest absolute Gasteiger partial charge is 0.258 e. The van der Waals surface area contributed by atoms with Crippen molar-refractivity contribution < 1.29 is 9.53 Å². The Balaban J connectivity index is 1.19. The van der Waals surface area contributed by atoms with E-state index < -0.39 is 0 Å². The number of nitrogens with zero attached hydrogens (tertiary/aromatic N) is 1. The van der Waals surface area contributed by atoms with Crippen LogP contribution in [-0.2, 0) is 11.2 Å². The van der Waals surface area contributed by atoms with Crippen LogP contribution in [0.15, 0.2) is 48.5 Å². The Morgan fingerprint density at radius 2 is 1.90 bits per heavy atom. The van der Waals surface area contributed by atoms with Crippen molar-refractivity contribution in [2.45, 2.75) is 30.4 Å². The molecular weight excluding hydrogens is 400 g/mol. The number of ether oxygens (including phenoxy) is 1. The molecule has 0 spiro atoms. The third-order valence-electron chi connectivity index (χ3n) is 5.37. The summed E-state index contributed by atoms with van der Waals surface area (Å²) in [6, 6.07) is 17.2. The average molecular weight is 429 g/mol. The molecule has 154 valence electrons. The van der Waals surface area contributed by atoms with E-state index in [9.17, 15) is 4.79 Å². The second-order valence-electron chi connectivity index (χ2n) is 7.51. The minimum Gasteiger partial charge on any atom is -0.484 e. The molecule has 6 heteroatoms. The number of thioether (sulfide) groups is 2. The van der Waals surface area contributed by atoms with Gasteiger partial charge < -0.3 is 15.0 Å². The molecule has 1 unspecified atom stereocenters. The molecule has 2 aliphatic heterocycles. The number of carbonyl (C=O) groups is 1. The summed E-state index contributed by atoms with van der Waals surface area (Å²) in [5.74, 6) is 3.14. The van der Waals surface area contributed by atoms with E-state index in [2.05, 4.69) is 53.5 Å². The molecule has 4 nitrogen and oxygen atoms in total. The summed E-state index contributed by atoms with van der Waals surface area (Å²) < 4.78 is 6.20. The first-order valence-electron chi connectivity index (χ1n) is 10.3. The summed E-state index contributed by atoms with van der Waals surface area (Å²) >= 11 is 4.02. The number of carbonyl (C=O) groups excluding carboxylic acids is 1. The van der Waals surface area contributed by atoms with Crippen LogP contribution in [0.3, 0.4) is 0 Å². The van der Waals surface area contributed by atoms with E-state index in [4.69, 9.17) is 4.74 Å². The molecule has 0 bridgehead atoms. The zero-order chi connectivity index (χ0) is 20.1. The van der Waals surface area contributed by atoms with Gasteiger partial charge in [-0.05, 0) is 60.6 Å². The molecule has 2 aromatic carbocycles. The highest BCUT2D eigenvalue weighted by Crippen LogP contribution is 2.43. The lowest BCUT2D eigenvalue weighted by Crippen LogP contribution is -2.39. The first-order valence-corrected chi connectivity index (χ1v) is 12.4. The number of rotatable bonds is 7. The first kappa shape index (κ1) is 20.5. The molecule has 2 aliphatic rings. The highest BCUT2D eigenvalue weighted by atomic mass is 32.2. The first-order chi connectivity index (χ1) is 14.2. The molecule has 0 radical (unpaired) electrons. The third kappa shape index (κ3) is 5.23. The van der Waals surface area contributed by atoms with E-state index >= 15 is 0 Å². The highest BCUT2D eigenvalue weighted by Gasteiger charge is 2.24. The van der Waals surface area contributed by atoms with Gasteiger partial charge in [0.15, 0.2) is 6.61 Å². The van der Waals surface area contributed by atoms with Gasteiger partial charge in [-0.1, -0.05) is 30.3 Å². The van der Waals surface area contributed by atoms with E-state index in [1.54, 1.807) is 0 Å². The lowest BCUT2D eigenvalue weighted by Gasteiger charge is -2.25. The van der Waals surface area contributed by atoms with Gasteiger partial charge >= 0.3 is 0 Å². The van der Waals surface area contributed by atoms with Crippen LogP contribution in [0.4, 0.5) is 5.69 Å². The van der Waals surface area contributed by atoms with E-state index in [1.165, 1.54) is 34.7 Å². The van der Waals surface area contributed by atoms with Crippen molar-refractivity contribution in [1.82, 2.24) is 5.32 Å². The molecule has 4 rings (SSSR count). The van der Waals surface area contributed by atoms with Gasteiger partial charge in [-0.3, -0.25) is 4.79 Å². The zero-order valence-electron chi connectivity index (χ0n) is 16.8. The Morgan fingerprint density at radius 1 is 1.14 bits per heavy atom. The average Bonchev–Trinajstić information content (AvgIpc) is 3.08. The Labute approximate surface area is 181 Å². The van der Waals surface area contributed by atoms with E-state index in [1.807, 2.05) is 35.7 Å². The van der Waals surface area contributed by atoms with Crippen LogP contribution in [0.1, 0.15) is 29.1 Å². The molecule has 1 fully saturated rings. The minimum absolute atomic E-state index is 0.0540. The standard InChI is InChI=1S/C23H28N2O2S2/c1-17-15-19-5-2-3-6-21(19)25(17)12-11-24-22(26)16-27-20-9-7-18(8-10-20)23-28-13-4-14-29-23/h2-3,5-10,17,23H,4,11-16H2,1H3,(H,24,26). The fourth-order valence-corrected chi connectivity index (χ4v) is 6.78. The van der Waals surface area contributed by atoms with Gasteiger partial charge in [0, 0.05) is 24.8 Å². The Bertz CT molecular complexity index is 822. The van der Waals surface area contributed by atoms with E-state index in [0.717, 1.165) is 18.7 Å². The number of hydrogen-bond acceptors (Lipinski definition) is 5. The number of benzene rings is 2. The topological polar surface area (TPSA) is 41.6 Å². The second-order valence-corrected chi connectivity index (χ2v) is 10.2. The molecule has 0 aliphatic carbocycles. The summed E-state index contributed by atoms with van der Waals surface area (Å²) in [6.45, 7) is 3.72. The summed E-state index contributed by atoms with van der Waals surface area (Å²) in [6.07, 6.45) is 2.37.